The topological polar surface area (TPSA) is 102 Å². The number of para-hydroxylation sites is 1. The van der Waals surface area contributed by atoms with Gasteiger partial charge in [0.25, 0.3) is 0 Å². The number of carbonyl (C=O) groups excluding carboxylic acids is 2. The van der Waals surface area contributed by atoms with Gasteiger partial charge in [-0.25, -0.2) is 0 Å². The van der Waals surface area contributed by atoms with Gasteiger partial charge in [0.05, 0.1) is 21.4 Å². The Morgan fingerprint density at radius 3 is 2.39 bits per heavy atom. The van der Waals surface area contributed by atoms with Crippen LogP contribution in [0.3, 0.4) is 0 Å². The highest BCUT2D eigenvalue weighted by Gasteiger charge is 2.64. The number of aliphatic carboxylic acids is 2. The van der Waals surface area contributed by atoms with Crippen LogP contribution in [0.15, 0.2) is 42.5 Å². The number of ether oxygens (including phenoxy) is 1. The maximum absolute atomic E-state index is 13.2. The van der Waals surface area contributed by atoms with Crippen molar-refractivity contribution in [2.45, 2.75) is 57.7 Å². The van der Waals surface area contributed by atoms with Crippen LogP contribution in [-0.4, -0.2) is 30.1 Å². The number of benzene rings is 2. The number of carbonyl (C=O) groups is 2. The molecule has 6 nitrogen and oxygen atoms in total. The number of hydrogen-bond acceptors (Lipinski definition) is 6. The summed E-state index contributed by atoms with van der Waals surface area (Å²) in [5.74, 6) is -3.37. The molecule has 8 heteroatoms. The predicted octanol–water partition coefficient (Wildman–Crippen LogP) is 2.34. The van der Waals surface area contributed by atoms with Crippen molar-refractivity contribution in [1.82, 2.24) is 5.32 Å². The standard InChI is InChI=1S/C25H27Cl2NO5/c1-13-24(3,22(29)30)21(16-8-6-9-17(26)20(16)27)25(23(31)32,14(2)28-13)19-12-11-15-7-4-5-10-18(15)33-19/h4-10,13-14,19,21,28H,11-12H2,1-3H3,(H,29,30)(H,31,32)/p-2. The summed E-state index contributed by atoms with van der Waals surface area (Å²) in [4.78, 5) is 25.9. The smallest absolute Gasteiger partial charge is 0.122 e. The molecule has 0 saturated carbocycles. The van der Waals surface area contributed by atoms with Gasteiger partial charge in [0, 0.05) is 29.4 Å². The maximum atomic E-state index is 13.2. The number of carboxylic acids is 2. The first-order valence-corrected chi connectivity index (χ1v) is 11.7. The minimum Gasteiger partial charge on any atom is -0.549 e. The highest BCUT2D eigenvalue weighted by Crippen LogP contribution is 2.59. The van der Waals surface area contributed by atoms with Gasteiger partial charge in [-0.05, 0) is 49.9 Å². The summed E-state index contributed by atoms with van der Waals surface area (Å²) in [5, 5.41) is 29.4. The lowest BCUT2D eigenvalue weighted by Gasteiger charge is -2.63. The highest BCUT2D eigenvalue weighted by molar-refractivity contribution is 6.42. The summed E-state index contributed by atoms with van der Waals surface area (Å²) < 4.78 is 6.29. The van der Waals surface area contributed by atoms with E-state index in [4.69, 9.17) is 27.9 Å². The Labute approximate surface area is 202 Å². The number of piperidine rings is 1. The summed E-state index contributed by atoms with van der Waals surface area (Å²) >= 11 is 12.9. The van der Waals surface area contributed by atoms with Crippen molar-refractivity contribution in [2.24, 2.45) is 10.8 Å². The first kappa shape index (κ1) is 23.9. The van der Waals surface area contributed by atoms with Crippen LogP contribution in [0, 0.1) is 10.8 Å². The van der Waals surface area contributed by atoms with E-state index in [1.54, 1.807) is 38.1 Å². The number of fused-ring (bicyclic) bond motifs is 1. The Morgan fingerprint density at radius 2 is 1.73 bits per heavy atom. The molecule has 0 spiro atoms. The fraction of sp³-hybridized carbons (Fsp3) is 0.440. The molecule has 6 atom stereocenters. The zero-order chi connectivity index (χ0) is 24.1. The zero-order valence-electron chi connectivity index (χ0n) is 18.6. The second-order valence-electron chi connectivity index (χ2n) is 9.23. The summed E-state index contributed by atoms with van der Waals surface area (Å²) in [6.45, 7) is 4.91. The van der Waals surface area contributed by atoms with E-state index in [1.807, 2.05) is 18.2 Å². The Hall–Kier alpha value is -2.28. The summed E-state index contributed by atoms with van der Waals surface area (Å²) in [6, 6.07) is 10.9. The quantitative estimate of drug-likeness (QED) is 0.706. The molecule has 2 aromatic carbocycles. The average molecular weight is 490 g/mol. The van der Waals surface area contributed by atoms with Crippen LogP contribution in [0.1, 0.15) is 44.2 Å². The van der Waals surface area contributed by atoms with Crippen molar-refractivity contribution < 1.29 is 24.5 Å². The predicted molar refractivity (Wildman–Crippen MR) is 121 cm³/mol. The minimum atomic E-state index is -1.79. The van der Waals surface area contributed by atoms with Crippen LogP contribution in [0.25, 0.3) is 0 Å². The Balaban J connectivity index is 2.01. The maximum Gasteiger partial charge on any atom is 0.122 e. The van der Waals surface area contributed by atoms with Crippen molar-refractivity contribution in [2.75, 3.05) is 0 Å². The third-order valence-electron chi connectivity index (χ3n) is 7.73. The molecule has 0 radical (unpaired) electrons. The van der Waals surface area contributed by atoms with E-state index in [2.05, 4.69) is 5.32 Å². The van der Waals surface area contributed by atoms with Crippen molar-refractivity contribution in [3.05, 3.63) is 63.6 Å². The molecule has 1 saturated heterocycles. The molecule has 2 aliphatic heterocycles. The van der Waals surface area contributed by atoms with Gasteiger partial charge in [-0.3, -0.25) is 0 Å². The minimum absolute atomic E-state index is 0.111. The van der Waals surface area contributed by atoms with Gasteiger partial charge in [0.15, 0.2) is 0 Å². The van der Waals surface area contributed by atoms with E-state index in [9.17, 15) is 19.8 Å². The second-order valence-corrected chi connectivity index (χ2v) is 10.0. The fourth-order valence-electron chi connectivity index (χ4n) is 5.85. The van der Waals surface area contributed by atoms with Gasteiger partial charge in [0.2, 0.25) is 0 Å². The molecule has 2 aromatic rings. The van der Waals surface area contributed by atoms with E-state index in [-0.39, 0.29) is 10.0 Å². The first-order valence-electron chi connectivity index (χ1n) is 10.9. The lowest BCUT2D eigenvalue weighted by atomic mass is 9.50. The van der Waals surface area contributed by atoms with Crippen LogP contribution in [-0.2, 0) is 16.0 Å². The molecule has 1 fully saturated rings. The van der Waals surface area contributed by atoms with Gasteiger partial charge < -0.3 is 29.9 Å². The molecule has 0 bridgehead atoms. The monoisotopic (exact) mass is 489 g/mol. The molecule has 0 aromatic heterocycles. The molecule has 1 N–H and O–H groups in total. The molecule has 6 unspecified atom stereocenters. The SMILES string of the molecule is CC1NC(C)C(C(=O)[O-])(C2CCc3ccccc3O2)C(c2cccc(Cl)c2Cl)C1(C)C(=O)[O-]. The Bertz CT molecular complexity index is 1110. The lowest BCUT2D eigenvalue weighted by Crippen LogP contribution is -2.75. The summed E-state index contributed by atoms with van der Waals surface area (Å²) in [7, 11) is 0. The second kappa shape index (κ2) is 8.49. The van der Waals surface area contributed by atoms with Crippen LogP contribution < -0.4 is 20.3 Å². The third kappa shape index (κ3) is 3.42. The van der Waals surface area contributed by atoms with Gasteiger partial charge in [-0.2, -0.15) is 0 Å². The molecular formula is C25H25Cl2NO5-2. The van der Waals surface area contributed by atoms with E-state index in [0.717, 1.165) is 5.56 Å². The number of nitrogens with one attached hydrogen (secondary N) is 1. The van der Waals surface area contributed by atoms with Gasteiger partial charge >= 0.3 is 0 Å². The van der Waals surface area contributed by atoms with Crippen molar-refractivity contribution >= 4 is 35.1 Å². The Morgan fingerprint density at radius 1 is 1.03 bits per heavy atom. The largest absolute Gasteiger partial charge is 0.549 e. The summed E-state index contributed by atoms with van der Waals surface area (Å²) in [6.07, 6.45) is 0.0606. The number of halogens is 2. The number of hydrogen-bond donors (Lipinski definition) is 1. The van der Waals surface area contributed by atoms with Crippen LogP contribution >= 0.6 is 23.2 Å². The number of rotatable bonds is 4. The molecule has 0 aliphatic carbocycles. The van der Waals surface area contributed by atoms with Crippen molar-refractivity contribution in [3.63, 3.8) is 0 Å². The van der Waals surface area contributed by atoms with E-state index in [0.29, 0.717) is 24.2 Å². The first-order chi connectivity index (χ1) is 15.6. The average Bonchev–Trinajstić information content (AvgIpc) is 2.77. The van der Waals surface area contributed by atoms with Gasteiger partial charge in [0.1, 0.15) is 11.9 Å². The Kier molecular flexibility index (Phi) is 6.14. The highest BCUT2D eigenvalue weighted by atomic mass is 35.5. The fourth-order valence-corrected chi connectivity index (χ4v) is 6.27. The van der Waals surface area contributed by atoms with E-state index in [1.165, 1.54) is 6.92 Å². The molecular weight excluding hydrogens is 465 g/mol. The number of carboxylic acid groups (broad SMARTS) is 2. The van der Waals surface area contributed by atoms with E-state index < -0.39 is 46.9 Å². The molecule has 2 heterocycles. The molecule has 0 amide bonds. The molecule has 4 rings (SSSR count). The van der Waals surface area contributed by atoms with E-state index >= 15 is 0 Å². The molecule has 2 aliphatic rings. The van der Waals surface area contributed by atoms with Crippen LogP contribution in [0.5, 0.6) is 5.75 Å². The zero-order valence-corrected chi connectivity index (χ0v) is 20.1. The van der Waals surface area contributed by atoms with Crippen LogP contribution in [0.4, 0.5) is 0 Å². The third-order valence-corrected chi connectivity index (χ3v) is 8.56. The van der Waals surface area contributed by atoms with Crippen LogP contribution in [0.2, 0.25) is 10.0 Å². The van der Waals surface area contributed by atoms with Crippen molar-refractivity contribution in [1.29, 1.82) is 0 Å². The normalized spacial score (nSPS) is 33.6. The molecule has 33 heavy (non-hydrogen) atoms. The van der Waals surface area contributed by atoms with Crippen molar-refractivity contribution in [3.8, 4) is 5.75 Å². The number of aryl methyl sites for hydroxylation is 1. The summed E-state index contributed by atoms with van der Waals surface area (Å²) in [5.41, 5.74) is -2.17. The molecule has 176 valence electrons. The van der Waals surface area contributed by atoms with Gasteiger partial charge in [-0.1, -0.05) is 60.5 Å². The lowest BCUT2D eigenvalue weighted by molar-refractivity contribution is -0.339. The van der Waals surface area contributed by atoms with Gasteiger partial charge in [-0.15, -0.1) is 0 Å².